The van der Waals surface area contributed by atoms with E-state index in [0.29, 0.717) is 0 Å². The summed E-state index contributed by atoms with van der Waals surface area (Å²) in [5.41, 5.74) is 1.12. The van der Waals surface area contributed by atoms with Crippen molar-refractivity contribution in [2.24, 2.45) is 5.92 Å². The van der Waals surface area contributed by atoms with Gasteiger partial charge >= 0.3 is 0 Å². The Bertz CT molecular complexity index is 448. The van der Waals surface area contributed by atoms with Crippen molar-refractivity contribution < 1.29 is 4.92 Å². The second-order valence-electron chi connectivity index (χ2n) is 4.68. The van der Waals surface area contributed by atoms with E-state index in [1.54, 1.807) is 12.1 Å². The van der Waals surface area contributed by atoms with E-state index in [0.717, 1.165) is 46.5 Å². The molecule has 0 saturated carbocycles. The molecule has 0 bridgehead atoms. The summed E-state index contributed by atoms with van der Waals surface area (Å²) in [7, 11) is 0. The third kappa shape index (κ3) is 2.85. The van der Waals surface area contributed by atoms with Gasteiger partial charge in [0.05, 0.1) is 10.6 Å². The lowest BCUT2D eigenvalue weighted by molar-refractivity contribution is -0.385. The maximum atomic E-state index is 10.8. The van der Waals surface area contributed by atoms with Gasteiger partial charge in [0.15, 0.2) is 0 Å². The van der Waals surface area contributed by atoms with Gasteiger partial charge in [-0.1, -0.05) is 6.92 Å². The van der Waals surface area contributed by atoms with Gasteiger partial charge in [0.1, 0.15) is 0 Å². The first kappa shape index (κ1) is 13.8. The van der Waals surface area contributed by atoms with Crippen LogP contribution in [0.15, 0.2) is 21.1 Å². The lowest BCUT2D eigenvalue weighted by Crippen LogP contribution is -2.33. The molecule has 2 rings (SSSR count). The number of hydrogen-bond acceptors (Lipinski definition) is 3. The molecule has 1 aliphatic rings. The van der Waals surface area contributed by atoms with Gasteiger partial charge in [-0.05, 0) is 50.6 Å². The van der Waals surface area contributed by atoms with E-state index < -0.39 is 0 Å². The van der Waals surface area contributed by atoms with Gasteiger partial charge in [0.25, 0.3) is 5.69 Å². The Labute approximate surface area is 123 Å². The van der Waals surface area contributed by atoms with E-state index in [9.17, 15) is 10.1 Å². The monoisotopic (exact) mass is 376 g/mol. The smallest absolute Gasteiger partial charge is 0.271 e. The summed E-state index contributed by atoms with van der Waals surface area (Å²) in [6.45, 7) is 4.25. The number of hydrogen-bond donors (Lipinski definition) is 0. The summed E-state index contributed by atoms with van der Waals surface area (Å²) in [6, 6.07) is 3.14. The van der Waals surface area contributed by atoms with Gasteiger partial charge in [0, 0.05) is 34.2 Å². The largest absolute Gasteiger partial charge is 0.370 e. The maximum Gasteiger partial charge on any atom is 0.271 e. The van der Waals surface area contributed by atoms with E-state index >= 15 is 0 Å². The highest BCUT2D eigenvalue weighted by Gasteiger charge is 2.22. The number of rotatable bonds is 2. The van der Waals surface area contributed by atoms with Crippen LogP contribution in [0.1, 0.15) is 19.8 Å². The summed E-state index contributed by atoms with van der Waals surface area (Å²) >= 11 is 6.88. The number of nitrogens with zero attached hydrogens (tertiary/aromatic N) is 2. The van der Waals surface area contributed by atoms with Crippen molar-refractivity contribution in [1.29, 1.82) is 0 Å². The first-order chi connectivity index (χ1) is 8.49. The molecule has 0 aromatic heterocycles. The number of nitro groups is 1. The predicted molar refractivity (Wildman–Crippen MR) is 79.1 cm³/mol. The fourth-order valence-corrected chi connectivity index (χ4v) is 3.86. The van der Waals surface area contributed by atoms with E-state index in [-0.39, 0.29) is 10.6 Å². The Morgan fingerprint density at radius 2 is 1.78 bits per heavy atom. The zero-order valence-electron chi connectivity index (χ0n) is 10.0. The van der Waals surface area contributed by atoms with Crippen molar-refractivity contribution in [1.82, 2.24) is 0 Å². The average Bonchev–Trinajstić information content (AvgIpc) is 2.30. The van der Waals surface area contributed by atoms with Crippen LogP contribution in [0.5, 0.6) is 0 Å². The summed E-state index contributed by atoms with van der Waals surface area (Å²) in [6.07, 6.45) is 2.33. The average molecular weight is 378 g/mol. The van der Waals surface area contributed by atoms with Crippen LogP contribution in [0.3, 0.4) is 0 Å². The molecular formula is C12H14Br2N2O2. The van der Waals surface area contributed by atoms with Gasteiger partial charge in [0.2, 0.25) is 0 Å². The molecule has 0 amide bonds. The number of benzene rings is 1. The minimum atomic E-state index is -0.377. The van der Waals surface area contributed by atoms with Gasteiger partial charge in [-0.3, -0.25) is 10.1 Å². The van der Waals surface area contributed by atoms with Crippen LogP contribution in [0, 0.1) is 16.0 Å². The quantitative estimate of drug-likeness (QED) is 0.568. The molecule has 1 saturated heterocycles. The SMILES string of the molecule is CC1CCN(c2c(Br)cc([N+](=O)[O-])cc2Br)CC1. The van der Waals surface area contributed by atoms with Crippen LogP contribution in [-0.4, -0.2) is 18.0 Å². The molecule has 1 aromatic carbocycles. The molecular weight excluding hydrogens is 364 g/mol. The van der Waals surface area contributed by atoms with E-state index in [4.69, 9.17) is 0 Å². The van der Waals surface area contributed by atoms with Crippen LogP contribution >= 0.6 is 31.9 Å². The van der Waals surface area contributed by atoms with Gasteiger partial charge in [-0.15, -0.1) is 0 Å². The Hall–Kier alpha value is -0.620. The summed E-state index contributed by atoms with van der Waals surface area (Å²) in [5.74, 6) is 0.761. The first-order valence-corrected chi connectivity index (χ1v) is 7.46. The van der Waals surface area contributed by atoms with Crippen LogP contribution in [0.4, 0.5) is 11.4 Å². The van der Waals surface area contributed by atoms with Gasteiger partial charge < -0.3 is 4.90 Å². The fraction of sp³-hybridized carbons (Fsp3) is 0.500. The van der Waals surface area contributed by atoms with Crippen LogP contribution < -0.4 is 4.90 Å². The standard InChI is InChI=1S/C12H14Br2N2O2/c1-8-2-4-15(5-3-8)12-10(13)6-9(16(17)18)7-11(12)14/h6-8H,2-5H2,1H3. The van der Waals surface area contributed by atoms with Crippen molar-refractivity contribution in [3.05, 3.63) is 31.2 Å². The molecule has 4 nitrogen and oxygen atoms in total. The van der Waals surface area contributed by atoms with Crippen LogP contribution in [0.25, 0.3) is 0 Å². The maximum absolute atomic E-state index is 10.8. The molecule has 0 unspecified atom stereocenters. The predicted octanol–water partition coefficient (Wildman–Crippen LogP) is 4.36. The molecule has 0 spiro atoms. The fourth-order valence-electron chi connectivity index (χ4n) is 2.19. The second kappa shape index (κ2) is 5.57. The van der Waals surface area contributed by atoms with E-state index in [2.05, 4.69) is 43.7 Å². The van der Waals surface area contributed by atoms with Crippen molar-refractivity contribution >= 4 is 43.2 Å². The number of piperidine rings is 1. The molecule has 1 aliphatic heterocycles. The molecule has 98 valence electrons. The van der Waals surface area contributed by atoms with E-state index in [1.165, 1.54) is 0 Å². The number of halogens is 2. The summed E-state index contributed by atoms with van der Waals surface area (Å²) < 4.78 is 1.55. The minimum Gasteiger partial charge on any atom is -0.370 e. The Morgan fingerprint density at radius 3 is 2.22 bits per heavy atom. The van der Waals surface area contributed by atoms with Crippen LogP contribution in [0.2, 0.25) is 0 Å². The zero-order chi connectivity index (χ0) is 13.3. The highest BCUT2D eigenvalue weighted by Crippen LogP contribution is 2.39. The Morgan fingerprint density at radius 1 is 1.28 bits per heavy atom. The molecule has 18 heavy (non-hydrogen) atoms. The molecule has 0 radical (unpaired) electrons. The van der Waals surface area contributed by atoms with Crippen molar-refractivity contribution in [3.8, 4) is 0 Å². The third-order valence-corrected chi connectivity index (χ3v) is 4.52. The molecule has 6 heteroatoms. The normalized spacial score (nSPS) is 16.9. The van der Waals surface area contributed by atoms with Crippen molar-refractivity contribution in [3.63, 3.8) is 0 Å². The number of non-ortho nitro benzene ring substituents is 1. The summed E-state index contributed by atoms with van der Waals surface area (Å²) in [4.78, 5) is 12.7. The molecule has 1 fully saturated rings. The highest BCUT2D eigenvalue weighted by molar-refractivity contribution is 9.11. The first-order valence-electron chi connectivity index (χ1n) is 5.87. The highest BCUT2D eigenvalue weighted by atomic mass is 79.9. The third-order valence-electron chi connectivity index (χ3n) is 3.31. The van der Waals surface area contributed by atoms with Gasteiger partial charge in [-0.2, -0.15) is 0 Å². The molecule has 1 aromatic rings. The lowest BCUT2D eigenvalue weighted by Gasteiger charge is -2.33. The molecule has 0 atom stereocenters. The Balaban J connectivity index is 2.31. The molecule has 0 N–H and O–H groups in total. The second-order valence-corrected chi connectivity index (χ2v) is 6.39. The molecule has 1 heterocycles. The van der Waals surface area contributed by atoms with E-state index in [1.807, 2.05) is 0 Å². The van der Waals surface area contributed by atoms with Crippen molar-refractivity contribution in [2.75, 3.05) is 18.0 Å². The number of anilines is 1. The molecule has 0 aliphatic carbocycles. The topological polar surface area (TPSA) is 46.4 Å². The minimum absolute atomic E-state index is 0.0999. The van der Waals surface area contributed by atoms with Crippen molar-refractivity contribution in [2.45, 2.75) is 19.8 Å². The zero-order valence-corrected chi connectivity index (χ0v) is 13.2. The van der Waals surface area contributed by atoms with Crippen LogP contribution in [-0.2, 0) is 0 Å². The number of nitro benzene ring substituents is 1. The summed E-state index contributed by atoms with van der Waals surface area (Å²) in [5, 5.41) is 10.8. The lowest BCUT2D eigenvalue weighted by atomic mass is 9.99. The Kier molecular flexibility index (Phi) is 4.27. The van der Waals surface area contributed by atoms with Gasteiger partial charge in [-0.25, -0.2) is 0 Å².